The van der Waals surface area contributed by atoms with E-state index in [2.05, 4.69) is 0 Å². The van der Waals surface area contributed by atoms with Crippen LogP contribution in [0.15, 0.2) is 18.2 Å². The van der Waals surface area contributed by atoms with Gasteiger partial charge in [0.1, 0.15) is 41.2 Å². The van der Waals surface area contributed by atoms with Crippen LogP contribution < -0.4 is 4.74 Å². The van der Waals surface area contributed by atoms with E-state index in [1.807, 2.05) is 0 Å². The largest absolute Gasteiger partial charge is 0.508 e. The van der Waals surface area contributed by atoms with E-state index in [9.17, 15) is 39.9 Å². The summed E-state index contributed by atoms with van der Waals surface area (Å²) in [5.41, 5.74) is 0.114. The maximum atomic E-state index is 13.1. The molecule has 1 aromatic carbocycles. The van der Waals surface area contributed by atoms with Gasteiger partial charge >= 0.3 is 11.9 Å². The van der Waals surface area contributed by atoms with E-state index >= 15 is 0 Å². The van der Waals surface area contributed by atoms with Crippen molar-refractivity contribution in [3.05, 3.63) is 29.3 Å². The SMILES string of the molecule is CC1CCCC(=O)CCCC=Cc2cc(O)cc(OC3OC(C(=O)O)C(O)C(O)C3O)c2C(=O)O1. The van der Waals surface area contributed by atoms with Crippen LogP contribution in [0.25, 0.3) is 6.08 Å². The van der Waals surface area contributed by atoms with Gasteiger partial charge in [-0.2, -0.15) is 0 Å². The molecule has 35 heavy (non-hydrogen) atoms. The number of esters is 1. The summed E-state index contributed by atoms with van der Waals surface area (Å²) in [4.78, 5) is 36.5. The molecule has 6 unspecified atom stereocenters. The summed E-state index contributed by atoms with van der Waals surface area (Å²) in [5, 5.41) is 49.8. The Balaban J connectivity index is 1.97. The quantitative estimate of drug-likeness (QED) is 0.380. The number of aromatic hydroxyl groups is 1. The number of rotatable bonds is 3. The van der Waals surface area contributed by atoms with E-state index in [4.69, 9.17) is 14.2 Å². The number of ether oxygens (including phenoxy) is 3. The number of benzene rings is 1. The molecular weight excluding hydrogens is 464 g/mol. The smallest absolute Gasteiger partial charge is 0.342 e. The number of aliphatic hydroxyl groups is 3. The number of Topliss-reactive ketones (excluding diaryl/α,β-unsaturated/α-hetero) is 1. The lowest BCUT2D eigenvalue weighted by molar-refractivity contribution is -0.271. The number of carbonyl (C=O) groups excluding carboxylic acids is 2. The van der Waals surface area contributed by atoms with E-state index in [1.54, 1.807) is 19.1 Å². The highest BCUT2D eigenvalue weighted by atomic mass is 16.7. The molecular formula is C24H30O11. The van der Waals surface area contributed by atoms with Crippen molar-refractivity contribution >= 4 is 23.8 Å². The van der Waals surface area contributed by atoms with Gasteiger partial charge in [0, 0.05) is 18.9 Å². The minimum Gasteiger partial charge on any atom is -0.508 e. The number of hydrogen-bond acceptors (Lipinski definition) is 10. The molecule has 0 amide bonds. The second kappa shape index (κ2) is 11.6. The van der Waals surface area contributed by atoms with Crippen molar-refractivity contribution in [1.82, 2.24) is 0 Å². The number of aliphatic hydroxyl groups excluding tert-OH is 3. The zero-order chi connectivity index (χ0) is 25.7. The first-order valence-electron chi connectivity index (χ1n) is 11.4. The van der Waals surface area contributed by atoms with Crippen LogP contribution in [-0.2, 0) is 19.1 Å². The van der Waals surface area contributed by atoms with Crippen LogP contribution in [-0.4, -0.2) is 80.1 Å². The van der Waals surface area contributed by atoms with Gasteiger partial charge in [0.2, 0.25) is 6.29 Å². The van der Waals surface area contributed by atoms with Gasteiger partial charge in [0.15, 0.2) is 6.10 Å². The summed E-state index contributed by atoms with van der Waals surface area (Å²) in [6.07, 6.45) is -3.66. The Morgan fingerprint density at radius 1 is 1.06 bits per heavy atom. The molecule has 11 heteroatoms. The van der Waals surface area contributed by atoms with Crippen LogP contribution in [0.1, 0.15) is 61.4 Å². The van der Waals surface area contributed by atoms with Crippen molar-refractivity contribution in [3.63, 3.8) is 0 Å². The van der Waals surface area contributed by atoms with E-state index in [-0.39, 0.29) is 28.4 Å². The minimum atomic E-state index is -1.92. The lowest BCUT2D eigenvalue weighted by atomic mass is 9.98. The first-order chi connectivity index (χ1) is 16.6. The molecule has 0 aromatic heterocycles. The summed E-state index contributed by atoms with van der Waals surface area (Å²) >= 11 is 0. The second-order valence-corrected chi connectivity index (χ2v) is 8.70. The Morgan fingerprint density at radius 3 is 2.49 bits per heavy atom. The van der Waals surface area contributed by atoms with Crippen molar-refractivity contribution in [3.8, 4) is 11.5 Å². The monoisotopic (exact) mass is 494 g/mol. The van der Waals surface area contributed by atoms with Gasteiger partial charge < -0.3 is 39.7 Å². The van der Waals surface area contributed by atoms with Gasteiger partial charge in [0.25, 0.3) is 0 Å². The number of hydrogen-bond donors (Lipinski definition) is 5. The Morgan fingerprint density at radius 2 is 1.77 bits per heavy atom. The lowest BCUT2D eigenvalue weighted by Crippen LogP contribution is -2.61. The van der Waals surface area contributed by atoms with E-state index in [1.165, 1.54) is 6.07 Å². The van der Waals surface area contributed by atoms with Crippen LogP contribution in [0.2, 0.25) is 0 Å². The van der Waals surface area contributed by atoms with Gasteiger partial charge in [-0.3, -0.25) is 4.79 Å². The molecule has 0 spiro atoms. The molecule has 2 heterocycles. The Hall–Kier alpha value is -2.99. The number of phenolic OH excluding ortho intramolecular Hbond substituents is 1. The second-order valence-electron chi connectivity index (χ2n) is 8.70. The Labute approximate surface area is 201 Å². The average Bonchev–Trinajstić information content (AvgIpc) is 2.78. The highest BCUT2D eigenvalue weighted by Gasteiger charge is 2.48. The molecule has 1 aromatic rings. The highest BCUT2D eigenvalue weighted by molar-refractivity contribution is 5.97. The third-order valence-electron chi connectivity index (χ3n) is 5.88. The number of allylic oxidation sites excluding steroid dienone is 1. The first-order valence-corrected chi connectivity index (χ1v) is 11.4. The maximum Gasteiger partial charge on any atom is 0.342 e. The predicted molar refractivity (Wildman–Crippen MR) is 120 cm³/mol. The van der Waals surface area contributed by atoms with E-state index < -0.39 is 48.7 Å². The summed E-state index contributed by atoms with van der Waals surface area (Å²) in [7, 11) is 0. The van der Waals surface area contributed by atoms with Gasteiger partial charge in [0.05, 0.1) is 6.10 Å². The van der Waals surface area contributed by atoms with Crippen LogP contribution in [0, 0.1) is 0 Å². The summed E-state index contributed by atoms with van der Waals surface area (Å²) < 4.78 is 16.3. The fourth-order valence-corrected chi connectivity index (χ4v) is 3.98. The fourth-order valence-electron chi connectivity index (χ4n) is 3.98. The maximum absolute atomic E-state index is 13.1. The number of aliphatic carboxylic acids is 1. The van der Waals surface area contributed by atoms with Gasteiger partial charge in [-0.15, -0.1) is 0 Å². The predicted octanol–water partition coefficient (Wildman–Crippen LogP) is 1.14. The average molecular weight is 494 g/mol. The molecule has 0 radical (unpaired) electrons. The normalized spacial score (nSPS) is 30.6. The third-order valence-corrected chi connectivity index (χ3v) is 5.88. The zero-order valence-corrected chi connectivity index (χ0v) is 19.2. The molecule has 6 atom stereocenters. The van der Waals surface area contributed by atoms with E-state index in [0.29, 0.717) is 38.5 Å². The van der Waals surface area contributed by atoms with Crippen LogP contribution in [0.3, 0.4) is 0 Å². The highest BCUT2D eigenvalue weighted by Crippen LogP contribution is 2.34. The Bertz CT molecular complexity index is 972. The van der Waals surface area contributed by atoms with Gasteiger partial charge in [-0.05, 0) is 44.2 Å². The molecule has 11 nitrogen and oxygen atoms in total. The molecule has 0 aliphatic carbocycles. The standard InChI is InChI=1S/C24H30O11/c1-12-6-5-9-14(25)8-4-2-3-7-13-10-15(26)11-16(17(13)23(32)33-12)34-24-20(29)18(27)19(28)21(35-24)22(30)31/h3,7,10-12,18-21,24,26-29H,2,4-6,8-9H2,1H3,(H,30,31). The molecule has 5 N–H and O–H groups in total. The zero-order valence-electron chi connectivity index (χ0n) is 19.2. The number of fused-ring (bicyclic) bond motifs is 1. The van der Waals surface area contributed by atoms with Crippen molar-refractivity contribution < 1.29 is 54.1 Å². The topological polar surface area (TPSA) is 180 Å². The molecule has 1 fully saturated rings. The molecule has 2 aliphatic heterocycles. The van der Waals surface area contributed by atoms with Crippen molar-refractivity contribution in [1.29, 1.82) is 0 Å². The summed E-state index contributed by atoms with van der Waals surface area (Å²) in [6, 6.07) is 2.38. The lowest BCUT2D eigenvalue weighted by Gasteiger charge is -2.38. The van der Waals surface area contributed by atoms with Crippen LogP contribution in [0.4, 0.5) is 0 Å². The van der Waals surface area contributed by atoms with Gasteiger partial charge in [-0.1, -0.05) is 12.2 Å². The van der Waals surface area contributed by atoms with Crippen LogP contribution in [0.5, 0.6) is 11.5 Å². The number of carboxylic acid groups (broad SMARTS) is 1. The molecule has 2 aliphatic rings. The van der Waals surface area contributed by atoms with Crippen molar-refractivity contribution in [2.45, 2.75) is 82.3 Å². The number of phenols is 1. The molecule has 1 saturated heterocycles. The molecule has 0 bridgehead atoms. The number of ketones is 1. The summed E-state index contributed by atoms with van der Waals surface area (Å²) in [5.74, 6) is -2.84. The molecule has 192 valence electrons. The third kappa shape index (κ3) is 6.57. The molecule has 0 saturated carbocycles. The first kappa shape index (κ1) is 26.6. The van der Waals surface area contributed by atoms with Crippen LogP contribution >= 0.6 is 0 Å². The Kier molecular flexibility index (Phi) is 8.84. The number of carboxylic acids is 1. The fraction of sp³-hybridized carbons (Fsp3) is 0.542. The number of cyclic esters (lactones) is 1. The number of carbonyl (C=O) groups is 3. The van der Waals surface area contributed by atoms with Crippen molar-refractivity contribution in [2.75, 3.05) is 0 Å². The summed E-state index contributed by atoms with van der Waals surface area (Å²) in [6.45, 7) is 1.67. The van der Waals surface area contributed by atoms with Crippen molar-refractivity contribution in [2.24, 2.45) is 0 Å². The molecule has 3 rings (SSSR count). The van der Waals surface area contributed by atoms with Gasteiger partial charge in [-0.25, -0.2) is 9.59 Å². The van der Waals surface area contributed by atoms with E-state index in [0.717, 1.165) is 6.07 Å². The minimum absolute atomic E-state index is 0.109.